The standard InChI is InChI=1S/C17H13F2NO5/c1-2-24-17(23)10-7-20-16(22)14-9(6-13(21)25-15(10)14)8-3-4-11(18)12(19)5-8/h3-5,7,9H,2,6H2,1H3,(H,20,22). The summed E-state index contributed by atoms with van der Waals surface area (Å²) in [6.45, 7) is 1.69. The molecular weight excluding hydrogens is 336 g/mol. The summed E-state index contributed by atoms with van der Waals surface area (Å²) in [5, 5.41) is 0. The molecule has 130 valence electrons. The number of hydrogen-bond acceptors (Lipinski definition) is 5. The summed E-state index contributed by atoms with van der Waals surface area (Å²) in [6.07, 6.45) is 0.855. The summed E-state index contributed by atoms with van der Waals surface area (Å²) in [4.78, 5) is 38.6. The van der Waals surface area contributed by atoms with Gasteiger partial charge in [-0.3, -0.25) is 9.59 Å². The van der Waals surface area contributed by atoms with Gasteiger partial charge in [0, 0.05) is 12.1 Å². The van der Waals surface area contributed by atoms with Crippen LogP contribution in [0.5, 0.6) is 5.75 Å². The zero-order valence-corrected chi connectivity index (χ0v) is 13.1. The number of ether oxygens (including phenoxy) is 2. The number of rotatable bonds is 3. The molecule has 0 bridgehead atoms. The summed E-state index contributed by atoms with van der Waals surface area (Å²) >= 11 is 0. The minimum atomic E-state index is -1.10. The van der Waals surface area contributed by atoms with Crippen LogP contribution in [0, 0.1) is 11.6 Å². The highest BCUT2D eigenvalue weighted by atomic mass is 19.2. The minimum absolute atomic E-state index is 0.00355. The zero-order valence-electron chi connectivity index (χ0n) is 13.1. The maximum absolute atomic E-state index is 13.6. The van der Waals surface area contributed by atoms with Crippen LogP contribution in [0.1, 0.15) is 40.7 Å². The van der Waals surface area contributed by atoms with Gasteiger partial charge in [0.2, 0.25) is 0 Å². The first kappa shape index (κ1) is 16.8. The Hall–Kier alpha value is -3.03. The Balaban J connectivity index is 2.18. The Morgan fingerprint density at radius 2 is 2.08 bits per heavy atom. The van der Waals surface area contributed by atoms with Crippen LogP contribution < -0.4 is 10.3 Å². The molecule has 0 amide bonds. The number of fused-ring (bicyclic) bond motifs is 1. The third kappa shape index (κ3) is 3.02. The lowest BCUT2D eigenvalue weighted by Gasteiger charge is -2.25. The van der Waals surface area contributed by atoms with E-state index in [0.717, 1.165) is 18.3 Å². The van der Waals surface area contributed by atoms with Crippen molar-refractivity contribution in [1.82, 2.24) is 4.98 Å². The van der Waals surface area contributed by atoms with Gasteiger partial charge in [0.25, 0.3) is 5.56 Å². The highest BCUT2D eigenvalue weighted by Crippen LogP contribution is 2.38. The van der Waals surface area contributed by atoms with Crippen LogP contribution in [0.3, 0.4) is 0 Å². The molecule has 1 N–H and O–H groups in total. The summed E-state index contributed by atoms with van der Waals surface area (Å²) < 4.78 is 36.7. The van der Waals surface area contributed by atoms with Crippen LogP contribution in [0.25, 0.3) is 0 Å². The fourth-order valence-electron chi connectivity index (χ4n) is 2.75. The van der Waals surface area contributed by atoms with Crippen molar-refractivity contribution in [3.05, 3.63) is 63.1 Å². The van der Waals surface area contributed by atoms with Crippen molar-refractivity contribution in [3.63, 3.8) is 0 Å². The Morgan fingerprint density at radius 1 is 1.32 bits per heavy atom. The number of H-pyrrole nitrogens is 1. The molecule has 3 rings (SSSR count). The number of nitrogens with one attached hydrogen (secondary N) is 1. The molecule has 1 unspecified atom stereocenters. The van der Waals surface area contributed by atoms with Crippen LogP contribution in [-0.2, 0) is 9.53 Å². The summed E-state index contributed by atoms with van der Waals surface area (Å²) in [5.74, 6) is -4.70. The van der Waals surface area contributed by atoms with Crippen LogP contribution in [0.2, 0.25) is 0 Å². The molecule has 1 aromatic heterocycles. The predicted octanol–water partition coefficient (Wildman–Crippen LogP) is 2.27. The van der Waals surface area contributed by atoms with E-state index in [1.165, 1.54) is 6.07 Å². The lowest BCUT2D eigenvalue weighted by Crippen LogP contribution is -2.30. The topological polar surface area (TPSA) is 85.5 Å². The molecule has 2 aromatic rings. The van der Waals surface area contributed by atoms with E-state index in [0.29, 0.717) is 0 Å². The molecule has 0 radical (unpaired) electrons. The first-order valence-electron chi connectivity index (χ1n) is 7.50. The third-order valence-electron chi connectivity index (χ3n) is 3.86. The summed E-state index contributed by atoms with van der Waals surface area (Å²) in [7, 11) is 0. The number of carbonyl (C=O) groups excluding carboxylic acids is 2. The van der Waals surface area contributed by atoms with Crippen molar-refractivity contribution in [1.29, 1.82) is 0 Å². The maximum atomic E-state index is 13.6. The second-order valence-electron chi connectivity index (χ2n) is 5.40. The average molecular weight is 349 g/mol. The van der Waals surface area contributed by atoms with Gasteiger partial charge < -0.3 is 14.5 Å². The number of aromatic amines is 1. The molecule has 1 aromatic carbocycles. The van der Waals surface area contributed by atoms with Crippen molar-refractivity contribution in [3.8, 4) is 5.75 Å². The molecule has 0 saturated heterocycles. The first-order valence-corrected chi connectivity index (χ1v) is 7.50. The highest BCUT2D eigenvalue weighted by Gasteiger charge is 2.35. The van der Waals surface area contributed by atoms with E-state index in [4.69, 9.17) is 9.47 Å². The second-order valence-corrected chi connectivity index (χ2v) is 5.40. The number of carbonyl (C=O) groups is 2. The lowest BCUT2D eigenvalue weighted by molar-refractivity contribution is -0.135. The predicted molar refractivity (Wildman–Crippen MR) is 81.5 cm³/mol. The van der Waals surface area contributed by atoms with E-state index in [2.05, 4.69) is 4.98 Å². The van der Waals surface area contributed by atoms with Crippen molar-refractivity contribution >= 4 is 11.9 Å². The second kappa shape index (κ2) is 6.46. The minimum Gasteiger partial charge on any atom is -0.462 e. The summed E-state index contributed by atoms with van der Waals surface area (Å²) in [5.41, 5.74) is -0.484. The van der Waals surface area contributed by atoms with E-state index >= 15 is 0 Å². The Kier molecular flexibility index (Phi) is 4.35. The van der Waals surface area contributed by atoms with Crippen LogP contribution >= 0.6 is 0 Å². The van der Waals surface area contributed by atoms with Gasteiger partial charge in [0.15, 0.2) is 17.4 Å². The largest absolute Gasteiger partial charge is 0.462 e. The Labute approximate surface area is 140 Å². The molecule has 25 heavy (non-hydrogen) atoms. The number of halogens is 2. The van der Waals surface area contributed by atoms with Gasteiger partial charge in [-0.15, -0.1) is 0 Å². The number of benzene rings is 1. The number of esters is 2. The first-order chi connectivity index (χ1) is 11.9. The summed E-state index contributed by atoms with van der Waals surface area (Å²) in [6, 6.07) is 3.11. The fraction of sp³-hybridized carbons (Fsp3) is 0.235. The normalized spacial score (nSPS) is 16.1. The molecule has 0 aliphatic carbocycles. The van der Waals surface area contributed by atoms with Gasteiger partial charge in [-0.25, -0.2) is 13.6 Å². The van der Waals surface area contributed by atoms with E-state index < -0.39 is 35.1 Å². The Morgan fingerprint density at radius 3 is 2.76 bits per heavy atom. The molecule has 8 heteroatoms. The van der Waals surface area contributed by atoms with Crippen molar-refractivity contribution in [2.75, 3.05) is 6.61 Å². The third-order valence-corrected chi connectivity index (χ3v) is 3.86. The van der Waals surface area contributed by atoms with Crippen LogP contribution in [-0.4, -0.2) is 23.5 Å². The molecule has 0 saturated carbocycles. The maximum Gasteiger partial charge on any atom is 0.343 e. The van der Waals surface area contributed by atoms with E-state index in [9.17, 15) is 23.2 Å². The molecule has 0 fully saturated rings. The SMILES string of the molecule is CCOC(=O)c1c[nH]c(=O)c2c1OC(=O)CC2c1ccc(F)c(F)c1. The smallest absolute Gasteiger partial charge is 0.343 e. The highest BCUT2D eigenvalue weighted by molar-refractivity contribution is 5.94. The van der Waals surface area contributed by atoms with Crippen LogP contribution in [0.15, 0.2) is 29.2 Å². The van der Waals surface area contributed by atoms with E-state index in [1.54, 1.807) is 6.92 Å². The van der Waals surface area contributed by atoms with Gasteiger partial charge in [0.05, 0.1) is 18.6 Å². The lowest BCUT2D eigenvalue weighted by atomic mass is 9.86. The quantitative estimate of drug-likeness (QED) is 0.859. The van der Waals surface area contributed by atoms with E-state index in [-0.39, 0.29) is 35.5 Å². The van der Waals surface area contributed by atoms with Gasteiger partial charge in [-0.1, -0.05) is 6.07 Å². The molecule has 1 aliphatic rings. The van der Waals surface area contributed by atoms with Gasteiger partial charge in [0.1, 0.15) is 5.56 Å². The monoisotopic (exact) mass is 349 g/mol. The van der Waals surface area contributed by atoms with Crippen molar-refractivity contribution < 1.29 is 27.8 Å². The molecule has 1 atom stereocenters. The zero-order chi connectivity index (χ0) is 18.1. The van der Waals surface area contributed by atoms with Gasteiger partial charge >= 0.3 is 11.9 Å². The van der Waals surface area contributed by atoms with Gasteiger partial charge in [-0.05, 0) is 24.6 Å². The van der Waals surface area contributed by atoms with Crippen molar-refractivity contribution in [2.45, 2.75) is 19.3 Å². The average Bonchev–Trinajstić information content (AvgIpc) is 2.57. The molecule has 2 heterocycles. The molecule has 0 spiro atoms. The fourth-order valence-corrected chi connectivity index (χ4v) is 2.75. The Bertz CT molecular complexity index is 922. The van der Waals surface area contributed by atoms with Crippen LogP contribution in [0.4, 0.5) is 8.78 Å². The number of hydrogen-bond donors (Lipinski definition) is 1. The number of pyridine rings is 1. The molecule has 6 nitrogen and oxygen atoms in total. The number of aromatic nitrogens is 1. The van der Waals surface area contributed by atoms with E-state index in [1.807, 2.05) is 0 Å². The molecular formula is C17H13F2NO5. The van der Waals surface area contributed by atoms with Gasteiger partial charge in [-0.2, -0.15) is 0 Å². The molecule has 1 aliphatic heterocycles. The van der Waals surface area contributed by atoms with Crippen molar-refractivity contribution in [2.24, 2.45) is 0 Å².